The van der Waals surface area contributed by atoms with Gasteiger partial charge in [-0.15, -0.1) is 0 Å². The molecule has 46 valence electrons. The van der Waals surface area contributed by atoms with Crippen LogP contribution < -0.4 is 0 Å². The topological polar surface area (TPSA) is 0 Å². The number of rotatable bonds is 0. The highest BCUT2D eigenvalue weighted by Crippen LogP contribution is 2.29. The molecule has 0 fully saturated rings. The second kappa shape index (κ2) is 1.32. The first kappa shape index (κ1) is 4.91. The Morgan fingerprint density at radius 2 is 1.44 bits per heavy atom. The van der Waals surface area contributed by atoms with E-state index in [1.54, 1.807) is 0 Å². The van der Waals surface area contributed by atoms with Gasteiger partial charge in [-0.3, -0.25) is 0 Å². The lowest BCUT2D eigenvalue weighted by molar-refractivity contribution is 0.509. The molecule has 1 aliphatic rings. The van der Waals surface area contributed by atoms with E-state index >= 15 is 0 Å². The third-order valence-electron chi connectivity index (χ3n) is 1.50. The molecule has 2 heteroatoms. The van der Waals surface area contributed by atoms with Crippen molar-refractivity contribution in [2.75, 3.05) is 0 Å². The minimum absolute atomic E-state index is 0.730. The van der Waals surface area contributed by atoms with Gasteiger partial charge in [-0.1, -0.05) is 0 Å². The number of hydrogen-bond acceptors (Lipinski definition) is 0. The molecule has 0 aliphatic heterocycles. The Morgan fingerprint density at radius 3 is 1.89 bits per heavy atom. The molecule has 0 radical (unpaired) electrons. The van der Waals surface area contributed by atoms with Gasteiger partial charge in [0.2, 0.25) is 0 Å². The minimum Gasteiger partial charge on any atom is -0.204 e. The standard InChI is InChI=1S/C7H4F2/c8-6-2-4-1-5(4)3-7(6)9/h2-3H,1H2. The second-order valence-corrected chi connectivity index (χ2v) is 2.21. The Hall–Kier alpha value is -0.920. The van der Waals surface area contributed by atoms with Gasteiger partial charge in [-0.05, 0) is 29.7 Å². The average molecular weight is 126 g/mol. The molecular formula is C7H4F2. The summed E-state index contributed by atoms with van der Waals surface area (Å²) in [6.45, 7) is 0. The number of hydrogen-bond donors (Lipinski definition) is 0. The predicted octanol–water partition coefficient (Wildman–Crippen LogP) is 1.87. The smallest absolute Gasteiger partial charge is 0.159 e. The van der Waals surface area contributed by atoms with Crippen molar-refractivity contribution >= 4 is 0 Å². The van der Waals surface area contributed by atoms with Crippen molar-refractivity contribution in [3.8, 4) is 0 Å². The van der Waals surface area contributed by atoms with Crippen LogP contribution in [0.2, 0.25) is 0 Å². The summed E-state index contributed by atoms with van der Waals surface area (Å²) in [4.78, 5) is 0. The van der Waals surface area contributed by atoms with Gasteiger partial charge in [0.1, 0.15) is 0 Å². The summed E-state index contributed by atoms with van der Waals surface area (Å²) in [5, 5.41) is 0. The molecule has 0 aromatic heterocycles. The Kier molecular flexibility index (Phi) is 0.721. The molecular weight excluding hydrogens is 122 g/mol. The fourth-order valence-corrected chi connectivity index (χ4v) is 0.892. The Balaban J connectivity index is 2.66. The molecule has 1 aromatic rings. The molecule has 0 bridgehead atoms. The van der Waals surface area contributed by atoms with Gasteiger partial charge in [-0.2, -0.15) is 0 Å². The van der Waals surface area contributed by atoms with Crippen molar-refractivity contribution in [2.45, 2.75) is 6.42 Å². The Labute approximate surface area is 51.1 Å². The van der Waals surface area contributed by atoms with Crippen molar-refractivity contribution in [1.82, 2.24) is 0 Å². The third kappa shape index (κ3) is 0.626. The van der Waals surface area contributed by atoms with E-state index < -0.39 is 11.6 Å². The average Bonchev–Trinajstić information content (AvgIpc) is 2.46. The van der Waals surface area contributed by atoms with Crippen LogP contribution in [0.15, 0.2) is 12.1 Å². The third-order valence-corrected chi connectivity index (χ3v) is 1.50. The van der Waals surface area contributed by atoms with Gasteiger partial charge in [0.25, 0.3) is 0 Å². The van der Waals surface area contributed by atoms with Crippen LogP contribution in [0, 0.1) is 11.6 Å². The molecule has 1 aromatic carbocycles. The lowest BCUT2D eigenvalue weighted by atomic mass is 10.3. The van der Waals surface area contributed by atoms with E-state index in [0.29, 0.717) is 0 Å². The summed E-state index contributed by atoms with van der Waals surface area (Å²) in [6.07, 6.45) is 0.765. The van der Waals surface area contributed by atoms with E-state index in [4.69, 9.17) is 0 Å². The number of benzene rings is 1. The van der Waals surface area contributed by atoms with Crippen LogP contribution in [0.4, 0.5) is 8.78 Å². The van der Waals surface area contributed by atoms with Crippen molar-refractivity contribution in [1.29, 1.82) is 0 Å². The lowest BCUT2D eigenvalue weighted by Gasteiger charge is -1.84. The van der Waals surface area contributed by atoms with Crippen LogP contribution in [-0.4, -0.2) is 0 Å². The summed E-state index contributed by atoms with van der Waals surface area (Å²) in [7, 11) is 0. The number of halogens is 2. The normalized spacial score (nSPS) is 13.1. The first-order valence-electron chi connectivity index (χ1n) is 2.74. The first-order chi connectivity index (χ1) is 4.27. The molecule has 0 N–H and O–H groups in total. The van der Waals surface area contributed by atoms with Crippen LogP contribution in [0.5, 0.6) is 0 Å². The number of fused-ring (bicyclic) bond motifs is 1. The molecule has 0 heterocycles. The van der Waals surface area contributed by atoms with Crippen molar-refractivity contribution < 1.29 is 8.78 Å². The van der Waals surface area contributed by atoms with Crippen LogP contribution >= 0.6 is 0 Å². The SMILES string of the molecule is Fc1cc2c(cc1F)C2. The van der Waals surface area contributed by atoms with E-state index in [0.717, 1.165) is 17.5 Å². The fourth-order valence-electron chi connectivity index (χ4n) is 0.892. The van der Waals surface area contributed by atoms with Crippen LogP contribution in [-0.2, 0) is 6.42 Å². The van der Waals surface area contributed by atoms with Gasteiger partial charge >= 0.3 is 0 Å². The van der Waals surface area contributed by atoms with Crippen LogP contribution in [0.25, 0.3) is 0 Å². The molecule has 9 heavy (non-hydrogen) atoms. The van der Waals surface area contributed by atoms with Gasteiger partial charge in [0.15, 0.2) is 11.6 Å². The molecule has 0 nitrogen and oxygen atoms in total. The highest BCUT2D eigenvalue weighted by molar-refractivity contribution is 5.45. The highest BCUT2D eigenvalue weighted by atomic mass is 19.2. The molecule has 0 amide bonds. The van der Waals surface area contributed by atoms with E-state index in [2.05, 4.69) is 0 Å². The monoisotopic (exact) mass is 126 g/mol. The maximum absolute atomic E-state index is 12.2. The maximum atomic E-state index is 12.2. The summed E-state index contributed by atoms with van der Waals surface area (Å²) in [6, 6.07) is 2.51. The zero-order chi connectivity index (χ0) is 6.43. The van der Waals surface area contributed by atoms with E-state index in [9.17, 15) is 8.78 Å². The minimum atomic E-state index is -0.730. The summed E-state index contributed by atoms with van der Waals surface area (Å²) < 4.78 is 24.5. The molecule has 0 spiro atoms. The molecule has 0 saturated carbocycles. The highest BCUT2D eigenvalue weighted by Gasteiger charge is 2.19. The first-order valence-corrected chi connectivity index (χ1v) is 2.74. The molecule has 1 aliphatic carbocycles. The summed E-state index contributed by atoms with van der Waals surface area (Å²) >= 11 is 0. The molecule has 0 saturated heterocycles. The lowest BCUT2D eigenvalue weighted by Crippen LogP contribution is -1.77. The van der Waals surface area contributed by atoms with Crippen molar-refractivity contribution in [2.24, 2.45) is 0 Å². The molecule has 0 atom stereocenters. The zero-order valence-corrected chi connectivity index (χ0v) is 4.62. The summed E-state index contributed by atoms with van der Waals surface area (Å²) in [5.74, 6) is -1.46. The second-order valence-electron chi connectivity index (χ2n) is 2.21. The van der Waals surface area contributed by atoms with Crippen LogP contribution in [0.3, 0.4) is 0 Å². The van der Waals surface area contributed by atoms with E-state index in [1.807, 2.05) is 0 Å². The van der Waals surface area contributed by atoms with Crippen molar-refractivity contribution in [3.05, 3.63) is 34.9 Å². The predicted molar refractivity (Wildman–Crippen MR) is 29.2 cm³/mol. The van der Waals surface area contributed by atoms with Gasteiger partial charge in [-0.25, -0.2) is 8.78 Å². The van der Waals surface area contributed by atoms with Crippen molar-refractivity contribution in [3.63, 3.8) is 0 Å². The largest absolute Gasteiger partial charge is 0.204 e. The Bertz CT molecular complexity index is 239. The fraction of sp³-hybridized carbons (Fsp3) is 0.143. The maximum Gasteiger partial charge on any atom is 0.159 e. The zero-order valence-electron chi connectivity index (χ0n) is 4.62. The van der Waals surface area contributed by atoms with Crippen LogP contribution in [0.1, 0.15) is 11.1 Å². The van der Waals surface area contributed by atoms with Gasteiger partial charge < -0.3 is 0 Å². The van der Waals surface area contributed by atoms with E-state index in [1.165, 1.54) is 12.1 Å². The van der Waals surface area contributed by atoms with E-state index in [-0.39, 0.29) is 0 Å². The quantitative estimate of drug-likeness (QED) is 0.505. The van der Waals surface area contributed by atoms with Gasteiger partial charge in [0, 0.05) is 0 Å². The molecule has 0 unspecified atom stereocenters. The molecule has 2 rings (SSSR count). The summed E-state index contributed by atoms with van der Waals surface area (Å²) in [5.41, 5.74) is 1.88. The van der Waals surface area contributed by atoms with Gasteiger partial charge in [0.05, 0.1) is 0 Å². The Morgan fingerprint density at radius 1 is 1.00 bits per heavy atom.